The molecule has 0 radical (unpaired) electrons. The van der Waals surface area contributed by atoms with Gasteiger partial charge in [0.05, 0.1) is 12.6 Å². The highest BCUT2D eigenvalue weighted by atomic mass is 16.5. The van der Waals surface area contributed by atoms with Crippen LogP contribution in [0.2, 0.25) is 0 Å². The molecule has 5 heteroatoms. The van der Waals surface area contributed by atoms with Gasteiger partial charge in [0, 0.05) is 12.1 Å². The number of hydrogen-bond acceptors (Lipinski definition) is 5. The van der Waals surface area contributed by atoms with Gasteiger partial charge in [-0.1, -0.05) is 18.9 Å². The average Bonchev–Trinajstić information content (AvgIpc) is 3.22. The molecular formula is C21H35N3O2. The largest absolute Gasteiger partial charge is 0.481 e. The van der Waals surface area contributed by atoms with E-state index in [4.69, 9.17) is 14.5 Å². The van der Waals surface area contributed by atoms with Crippen molar-refractivity contribution in [2.75, 3.05) is 39.9 Å². The van der Waals surface area contributed by atoms with Crippen molar-refractivity contribution in [1.82, 2.24) is 10.2 Å². The first-order valence-corrected chi connectivity index (χ1v) is 10.3. The van der Waals surface area contributed by atoms with Crippen LogP contribution < -0.4 is 5.32 Å². The number of unbranched alkanes of at least 4 members (excludes halogenated alkanes) is 1. The predicted molar refractivity (Wildman–Crippen MR) is 106 cm³/mol. The first kappa shape index (κ1) is 19.4. The number of rotatable bonds is 7. The third-order valence-corrected chi connectivity index (χ3v) is 6.03. The van der Waals surface area contributed by atoms with Gasteiger partial charge in [0.1, 0.15) is 6.61 Å². The number of aliphatic imine (C=N–C) groups is 1. The highest BCUT2D eigenvalue weighted by Gasteiger charge is 2.44. The maximum Gasteiger partial charge on any atom is 0.219 e. The molecule has 0 spiro atoms. The molecule has 0 aromatic rings. The summed E-state index contributed by atoms with van der Waals surface area (Å²) in [5.41, 5.74) is 2.78. The Morgan fingerprint density at radius 3 is 2.73 bits per heavy atom. The van der Waals surface area contributed by atoms with E-state index in [2.05, 4.69) is 30.1 Å². The van der Waals surface area contributed by atoms with Gasteiger partial charge in [-0.05, 0) is 71.2 Å². The molecule has 3 heterocycles. The molecule has 3 aliphatic heterocycles. The Hall–Kier alpha value is -1.33. The highest BCUT2D eigenvalue weighted by Crippen LogP contribution is 2.39. The molecule has 2 saturated heterocycles. The first-order valence-electron chi connectivity index (χ1n) is 10.3. The van der Waals surface area contributed by atoms with Crippen molar-refractivity contribution >= 4 is 5.90 Å². The van der Waals surface area contributed by atoms with Gasteiger partial charge in [0.15, 0.2) is 0 Å². The van der Waals surface area contributed by atoms with Gasteiger partial charge < -0.3 is 14.8 Å². The number of ether oxygens (including phenoxy) is 2. The van der Waals surface area contributed by atoms with E-state index in [1.807, 2.05) is 0 Å². The Kier molecular flexibility index (Phi) is 6.76. The van der Waals surface area contributed by atoms with Gasteiger partial charge in [-0.15, -0.1) is 0 Å². The Morgan fingerprint density at radius 2 is 2.08 bits per heavy atom. The second-order valence-corrected chi connectivity index (χ2v) is 7.84. The molecule has 26 heavy (non-hydrogen) atoms. The van der Waals surface area contributed by atoms with Crippen molar-refractivity contribution in [3.05, 3.63) is 23.1 Å². The lowest BCUT2D eigenvalue weighted by Crippen LogP contribution is -2.42. The summed E-state index contributed by atoms with van der Waals surface area (Å²) >= 11 is 0. The van der Waals surface area contributed by atoms with Gasteiger partial charge in [-0.2, -0.15) is 4.99 Å². The van der Waals surface area contributed by atoms with Crippen molar-refractivity contribution < 1.29 is 9.47 Å². The maximum atomic E-state index is 6.30. The van der Waals surface area contributed by atoms with Gasteiger partial charge >= 0.3 is 0 Å². The second-order valence-electron chi connectivity index (χ2n) is 7.84. The minimum absolute atomic E-state index is 0.248. The number of hydrogen-bond donors (Lipinski definition) is 1. The Bertz CT molecular complexity index is 570. The van der Waals surface area contributed by atoms with E-state index in [1.165, 1.54) is 49.9 Å². The lowest BCUT2D eigenvalue weighted by molar-refractivity contribution is 0.0715. The molecule has 0 saturated carbocycles. The van der Waals surface area contributed by atoms with E-state index in [9.17, 15) is 0 Å². The molecule has 0 aromatic carbocycles. The van der Waals surface area contributed by atoms with E-state index >= 15 is 0 Å². The molecule has 0 aromatic heterocycles. The van der Waals surface area contributed by atoms with Crippen LogP contribution in [0, 0.1) is 0 Å². The summed E-state index contributed by atoms with van der Waals surface area (Å²) in [4.78, 5) is 7.44. The highest BCUT2D eigenvalue weighted by molar-refractivity contribution is 5.95. The van der Waals surface area contributed by atoms with E-state index in [0.717, 1.165) is 50.7 Å². The lowest BCUT2D eigenvalue weighted by atomic mass is 9.95. The first-order chi connectivity index (χ1) is 12.7. The fourth-order valence-corrected chi connectivity index (χ4v) is 4.51. The molecule has 0 amide bonds. The molecular weight excluding hydrogens is 326 g/mol. The van der Waals surface area contributed by atoms with Crippen LogP contribution in [-0.2, 0) is 9.47 Å². The van der Waals surface area contributed by atoms with Crippen LogP contribution in [0.25, 0.3) is 0 Å². The van der Waals surface area contributed by atoms with Crippen LogP contribution in [0.1, 0.15) is 58.8 Å². The molecule has 2 fully saturated rings. The van der Waals surface area contributed by atoms with Crippen LogP contribution in [0.3, 0.4) is 0 Å². The molecule has 3 aliphatic rings. The number of fused-ring (bicyclic) bond motifs is 1. The van der Waals surface area contributed by atoms with E-state index in [0.29, 0.717) is 0 Å². The molecule has 1 N–H and O–H groups in total. The lowest BCUT2D eigenvalue weighted by Gasteiger charge is -2.31. The van der Waals surface area contributed by atoms with Gasteiger partial charge in [-0.3, -0.25) is 4.90 Å². The summed E-state index contributed by atoms with van der Waals surface area (Å²) in [6, 6.07) is 0. The van der Waals surface area contributed by atoms with Crippen LogP contribution in [-0.4, -0.2) is 56.2 Å². The molecule has 0 atom stereocenters. The van der Waals surface area contributed by atoms with Crippen molar-refractivity contribution in [1.29, 1.82) is 0 Å². The third kappa shape index (κ3) is 4.32. The summed E-state index contributed by atoms with van der Waals surface area (Å²) in [7, 11) is 1.72. The number of allylic oxidation sites excluding steroid dienone is 1. The minimum Gasteiger partial charge on any atom is -0.481 e. The van der Waals surface area contributed by atoms with Gasteiger partial charge in [0.2, 0.25) is 11.8 Å². The smallest absolute Gasteiger partial charge is 0.219 e. The van der Waals surface area contributed by atoms with Crippen LogP contribution in [0.15, 0.2) is 28.1 Å². The molecule has 5 nitrogen and oxygen atoms in total. The van der Waals surface area contributed by atoms with Crippen molar-refractivity contribution in [3.8, 4) is 0 Å². The zero-order valence-corrected chi connectivity index (χ0v) is 16.8. The van der Waals surface area contributed by atoms with Crippen LogP contribution in [0.5, 0.6) is 0 Å². The molecule has 0 unspecified atom stereocenters. The zero-order valence-electron chi connectivity index (χ0n) is 16.8. The number of nitrogens with zero attached hydrogens (tertiary/aromatic N) is 2. The topological polar surface area (TPSA) is 46.1 Å². The Balaban J connectivity index is 1.75. The summed E-state index contributed by atoms with van der Waals surface area (Å²) in [6.07, 6.45) is 10.2. The fraction of sp³-hybridized carbons (Fsp3) is 0.762. The summed E-state index contributed by atoms with van der Waals surface area (Å²) < 4.78 is 12.0. The fourth-order valence-electron chi connectivity index (χ4n) is 4.51. The van der Waals surface area contributed by atoms with Crippen LogP contribution in [0.4, 0.5) is 0 Å². The monoisotopic (exact) mass is 361 g/mol. The minimum atomic E-state index is 0.248. The quantitative estimate of drug-likeness (QED) is 0.427. The molecule has 3 rings (SSSR count). The SMILES string of the molecule is CCC/C=C(/N=C(/OC)C1=C(C)CNCC1)OCC12CCCN1CCC2. The van der Waals surface area contributed by atoms with E-state index in [1.54, 1.807) is 7.11 Å². The van der Waals surface area contributed by atoms with Crippen molar-refractivity contribution in [2.24, 2.45) is 4.99 Å². The normalized spacial score (nSPS) is 24.1. The second kappa shape index (κ2) is 9.05. The molecule has 0 aliphatic carbocycles. The Morgan fingerprint density at radius 1 is 1.31 bits per heavy atom. The third-order valence-electron chi connectivity index (χ3n) is 6.03. The maximum absolute atomic E-state index is 6.30. The average molecular weight is 362 g/mol. The summed E-state index contributed by atoms with van der Waals surface area (Å²) in [5.74, 6) is 1.45. The molecule has 146 valence electrons. The van der Waals surface area contributed by atoms with Gasteiger partial charge in [0.25, 0.3) is 0 Å². The summed E-state index contributed by atoms with van der Waals surface area (Å²) in [5, 5.41) is 3.40. The van der Waals surface area contributed by atoms with Crippen LogP contribution >= 0.6 is 0 Å². The number of methoxy groups -OCH3 is 1. The number of nitrogens with one attached hydrogen (secondary N) is 1. The zero-order chi connectivity index (χ0) is 18.4. The van der Waals surface area contributed by atoms with E-state index < -0.39 is 0 Å². The van der Waals surface area contributed by atoms with Crippen molar-refractivity contribution in [3.63, 3.8) is 0 Å². The van der Waals surface area contributed by atoms with Crippen molar-refractivity contribution in [2.45, 2.75) is 64.3 Å². The van der Waals surface area contributed by atoms with Gasteiger partial charge in [-0.25, -0.2) is 0 Å². The summed E-state index contributed by atoms with van der Waals surface area (Å²) in [6.45, 7) is 9.42. The molecule has 0 bridgehead atoms. The Labute approximate surface area is 158 Å². The predicted octanol–water partition coefficient (Wildman–Crippen LogP) is 3.63. The van der Waals surface area contributed by atoms with E-state index in [-0.39, 0.29) is 5.54 Å². The standard InChI is InChI=1S/C21H35N3O2/c1-4-5-8-19(23-20(25-3)18-9-12-22-15-17(18)2)26-16-21-10-6-13-24(21)14-7-11-21/h8,22H,4-7,9-16H2,1-3H3/b19-8-,23-20+.